The second kappa shape index (κ2) is 5.06. The Morgan fingerprint density at radius 1 is 1.29 bits per heavy atom. The van der Waals surface area contributed by atoms with E-state index in [4.69, 9.17) is 5.73 Å². The molecule has 0 fully saturated rings. The summed E-state index contributed by atoms with van der Waals surface area (Å²) in [6.45, 7) is 2.01. The highest BCUT2D eigenvalue weighted by atomic mass is 35.5. The number of alkyl halides is 2. The molecule has 3 nitrogen and oxygen atoms in total. The van der Waals surface area contributed by atoms with Gasteiger partial charge in [-0.2, -0.15) is 0 Å². The molecule has 0 unspecified atom stereocenters. The zero-order chi connectivity index (χ0) is 11.8. The second-order valence-electron chi connectivity index (χ2n) is 3.77. The Kier molecular flexibility index (Phi) is 4.16. The number of rotatable bonds is 3. The lowest BCUT2D eigenvalue weighted by molar-refractivity contribution is -0.286. The van der Waals surface area contributed by atoms with Crippen LogP contribution < -0.4 is 15.2 Å². The molecule has 0 radical (unpaired) electrons. The fourth-order valence-corrected chi connectivity index (χ4v) is 1.67. The zero-order valence-electron chi connectivity index (χ0n) is 9.28. The smallest absolute Gasteiger partial charge is 0.395 e. The zero-order valence-corrected chi connectivity index (χ0v) is 10.1. The van der Waals surface area contributed by atoms with Crippen LogP contribution in [0.15, 0.2) is 18.2 Å². The van der Waals surface area contributed by atoms with Crippen molar-refractivity contribution in [1.29, 1.82) is 0 Å². The van der Waals surface area contributed by atoms with Gasteiger partial charge in [0.05, 0.1) is 0 Å². The molecule has 17 heavy (non-hydrogen) atoms. The van der Waals surface area contributed by atoms with Crippen LogP contribution in [-0.2, 0) is 0 Å². The molecule has 0 amide bonds. The van der Waals surface area contributed by atoms with E-state index >= 15 is 0 Å². The van der Waals surface area contributed by atoms with Crippen LogP contribution in [0.3, 0.4) is 0 Å². The fraction of sp³-hybridized carbons (Fsp3) is 0.455. The van der Waals surface area contributed by atoms with Crippen molar-refractivity contribution in [3.05, 3.63) is 23.8 Å². The number of hydrogen-bond acceptors (Lipinski definition) is 3. The first-order valence-electron chi connectivity index (χ1n) is 5.17. The third-order valence-electron chi connectivity index (χ3n) is 2.45. The van der Waals surface area contributed by atoms with Crippen molar-refractivity contribution >= 4 is 12.4 Å². The van der Waals surface area contributed by atoms with Gasteiger partial charge in [0.1, 0.15) is 0 Å². The number of ether oxygens (including phenoxy) is 2. The summed E-state index contributed by atoms with van der Waals surface area (Å²) in [4.78, 5) is 0. The van der Waals surface area contributed by atoms with Gasteiger partial charge in [0.2, 0.25) is 0 Å². The Bertz CT molecular complexity index is 401. The molecule has 96 valence electrons. The highest BCUT2D eigenvalue weighted by molar-refractivity contribution is 5.85. The Balaban J connectivity index is 0.00000144. The topological polar surface area (TPSA) is 44.5 Å². The monoisotopic (exact) mass is 265 g/mol. The Hall–Kier alpha value is -1.07. The number of hydrogen-bond donors (Lipinski definition) is 1. The number of benzene rings is 1. The van der Waals surface area contributed by atoms with Gasteiger partial charge < -0.3 is 15.2 Å². The third kappa shape index (κ3) is 2.98. The van der Waals surface area contributed by atoms with Crippen molar-refractivity contribution in [2.45, 2.75) is 32.1 Å². The van der Waals surface area contributed by atoms with Crippen LogP contribution in [0.4, 0.5) is 8.78 Å². The minimum absolute atomic E-state index is 0. The van der Waals surface area contributed by atoms with Crippen molar-refractivity contribution in [3.8, 4) is 11.5 Å². The van der Waals surface area contributed by atoms with E-state index in [0.29, 0.717) is 0 Å². The van der Waals surface area contributed by atoms with Crippen molar-refractivity contribution in [2.24, 2.45) is 5.73 Å². The van der Waals surface area contributed by atoms with Gasteiger partial charge in [-0.05, 0) is 24.1 Å². The highest BCUT2D eigenvalue weighted by Gasteiger charge is 2.43. The Morgan fingerprint density at radius 2 is 1.94 bits per heavy atom. The van der Waals surface area contributed by atoms with Crippen LogP contribution in [0.1, 0.15) is 31.4 Å². The summed E-state index contributed by atoms with van der Waals surface area (Å²) < 4.78 is 34.1. The van der Waals surface area contributed by atoms with Crippen LogP contribution in [0, 0.1) is 0 Å². The van der Waals surface area contributed by atoms with E-state index in [9.17, 15) is 8.78 Å². The SMILES string of the molecule is CCC[C@H](N)c1ccc2c(c1)OC(F)(F)O2.Cl. The lowest BCUT2D eigenvalue weighted by atomic mass is 10.0. The summed E-state index contributed by atoms with van der Waals surface area (Å²) in [5, 5.41) is 0. The van der Waals surface area contributed by atoms with E-state index in [-0.39, 0.29) is 29.9 Å². The summed E-state index contributed by atoms with van der Waals surface area (Å²) >= 11 is 0. The summed E-state index contributed by atoms with van der Waals surface area (Å²) in [5.41, 5.74) is 6.66. The molecule has 0 aliphatic carbocycles. The van der Waals surface area contributed by atoms with Crippen molar-refractivity contribution in [1.82, 2.24) is 0 Å². The van der Waals surface area contributed by atoms with E-state index in [1.54, 1.807) is 6.07 Å². The van der Waals surface area contributed by atoms with Crippen molar-refractivity contribution in [2.75, 3.05) is 0 Å². The summed E-state index contributed by atoms with van der Waals surface area (Å²) in [5.74, 6) is 0.103. The molecular weight excluding hydrogens is 252 g/mol. The average molecular weight is 266 g/mol. The lowest BCUT2D eigenvalue weighted by Gasteiger charge is -2.10. The quantitative estimate of drug-likeness (QED) is 0.913. The van der Waals surface area contributed by atoms with E-state index < -0.39 is 6.29 Å². The fourth-order valence-electron chi connectivity index (χ4n) is 1.67. The molecule has 2 rings (SSSR count). The minimum Gasteiger partial charge on any atom is -0.395 e. The standard InChI is InChI=1S/C11H13F2NO2.ClH/c1-2-3-8(14)7-4-5-9-10(6-7)16-11(12,13)15-9;/h4-6,8H,2-3,14H2,1H3;1H/t8-;/m0./s1. The van der Waals surface area contributed by atoms with Gasteiger partial charge in [-0.1, -0.05) is 19.4 Å². The van der Waals surface area contributed by atoms with E-state index in [1.807, 2.05) is 6.92 Å². The molecule has 0 bridgehead atoms. The summed E-state index contributed by atoms with van der Waals surface area (Å²) in [6.07, 6.45) is -1.82. The van der Waals surface area contributed by atoms with Crippen LogP contribution >= 0.6 is 12.4 Å². The maximum atomic E-state index is 12.7. The average Bonchev–Trinajstić information content (AvgIpc) is 2.50. The molecule has 0 aromatic heterocycles. The molecule has 1 aliphatic rings. The minimum atomic E-state index is -3.56. The molecule has 1 heterocycles. The van der Waals surface area contributed by atoms with Gasteiger partial charge in [-0.25, -0.2) is 0 Å². The molecule has 1 atom stereocenters. The van der Waals surface area contributed by atoms with Gasteiger partial charge in [0, 0.05) is 6.04 Å². The Morgan fingerprint density at radius 3 is 2.59 bits per heavy atom. The molecule has 2 N–H and O–H groups in total. The van der Waals surface area contributed by atoms with Crippen LogP contribution in [0.5, 0.6) is 11.5 Å². The molecule has 1 aromatic carbocycles. The van der Waals surface area contributed by atoms with Crippen molar-refractivity contribution < 1.29 is 18.3 Å². The van der Waals surface area contributed by atoms with Gasteiger partial charge >= 0.3 is 6.29 Å². The first-order valence-corrected chi connectivity index (χ1v) is 5.17. The highest BCUT2D eigenvalue weighted by Crippen LogP contribution is 2.42. The largest absolute Gasteiger partial charge is 0.586 e. The molecular formula is C11H14ClF2NO2. The molecule has 6 heteroatoms. The van der Waals surface area contributed by atoms with Crippen LogP contribution in [-0.4, -0.2) is 6.29 Å². The van der Waals surface area contributed by atoms with Gasteiger partial charge in [0.25, 0.3) is 0 Å². The molecule has 0 saturated carbocycles. The van der Waals surface area contributed by atoms with Gasteiger partial charge in [-0.3, -0.25) is 0 Å². The lowest BCUT2D eigenvalue weighted by Crippen LogP contribution is -2.25. The number of nitrogens with two attached hydrogens (primary N) is 1. The number of halogens is 3. The van der Waals surface area contributed by atoms with E-state index in [1.165, 1.54) is 12.1 Å². The molecule has 1 aliphatic heterocycles. The summed E-state index contributed by atoms with van der Waals surface area (Å²) in [6, 6.07) is 4.50. The van der Waals surface area contributed by atoms with E-state index in [2.05, 4.69) is 9.47 Å². The van der Waals surface area contributed by atoms with Crippen LogP contribution in [0.2, 0.25) is 0 Å². The van der Waals surface area contributed by atoms with Crippen LogP contribution in [0.25, 0.3) is 0 Å². The predicted molar refractivity (Wildman–Crippen MR) is 61.7 cm³/mol. The molecule has 0 saturated heterocycles. The number of fused-ring (bicyclic) bond motifs is 1. The second-order valence-corrected chi connectivity index (χ2v) is 3.77. The first-order chi connectivity index (χ1) is 7.52. The van der Waals surface area contributed by atoms with Gasteiger partial charge in [0.15, 0.2) is 11.5 Å². The normalized spacial score (nSPS) is 17.4. The third-order valence-corrected chi connectivity index (χ3v) is 2.45. The maximum absolute atomic E-state index is 12.7. The predicted octanol–water partition coefficient (Wildman–Crippen LogP) is 3.23. The van der Waals surface area contributed by atoms with E-state index in [0.717, 1.165) is 18.4 Å². The molecule has 1 aromatic rings. The van der Waals surface area contributed by atoms with Crippen molar-refractivity contribution in [3.63, 3.8) is 0 Å². The first kappa shape index (κ1) is 14.0. The Labute approximate surface area is 104 Å². The maximum Gasteiger partial charge on any atom is 0.586 e. The van der Waals surface area contributed by atoms with Gasteiger partial charge in [-0.15, -0.1) is 21.2 Å². The molecule has 0 spiro atoms. The summed E-state index contributed by atoms with van der Waals surface area (Å²) in [7, 11) is 0.